The first kappa shape index (κ1) is 31.3. The van der Waals surface area contributed by atoms with Crippen LogP contribution in [0.5, 0.6) is 0 Å². The highest BCUT2D eigenvalue weighted by atomic mass is 16.2. The normalized spacial score (nSPS) is 11.4. The van der Waals surface area contributed by atoms with Crippen LogP contribution in [0.2, 0.25) is 0 Å². The molecule has 0 aliphatic rings. The van der Waals surface area contributed by atoms with Crippen LogP contribution >= 0.6 is 0 Å². The van der Waals surface area contributed by atoms with Crippen molar-refractivity contribution in [3.8, 4) is 0 Å². The molecule has 0 aliphatic carbocycles. The number of rotatable bonds is 11. The van der Waals surface area contributed by atoms with E-state index in [0.29, 0.717) is 52.8 Å². The van der Waals surface area contributed by atoms with E-state index >= 15 is 0 Å². The molecule has 0 aliphatic heterocycles. The van der Waals surface area contributed by atoms with Gasteiger partial charge in [-0.2, -0.15) is 0 Å². The average Bonchev–Trinajstić information content (AvgIpc) is 3.57. The molecule has 4 aromatic rings. The number of amides is 3. The molecule has 3 amide bonds. The number of anilines is 3. The smallest absolute Gasteiger partial charge is 0.272 e. The molecule has 3 aromatic heterocycles. The summed E-state index contributed by atoms with van der Waals surface area (Å²) in [6, 6.07) is 14.8. The minimum Gasteiger partial charge on any atom is -0.387 e. The van der Waals surface area contributed by atoms with Crippen LogP contribution in [0.15, 0.2) is 72.1 Å². The van der Waals surface area contributed by atoms with E-state index in [1.165, 1.54) is 6.20 Å². The number of aromatic nitrogens is 3. The van der Waals surface area contributed by atoms with Crippen molar-refractivity contribution in [1.82, 2.24) is 19.4 Å². The topological polar surface area (TPSA) is 152 Å². The number of pyridine rings is 1. The van der Waals surface area contributed by atoms with Crippen LogP contribution in [0.4, 0.5) is 17.1 Å². The Morgan fingerprint density at radius 1 is 0.886 bits per heavy atom. The Morgan fingerprint density at radius 2 is 1.50 bits per heavy atom. The lowest BCUT2D eigenvalue weighted by atomic mass is 10.1. The standard InChI is InChI=1S/C32H37N9O3/c1-34-29(33)14-15-35-31(43)27-16-25(20-40(27)4)38-32(44)28-17-24(19-41(28)5)37-30(42)22-9-11-23(36-18-22)10-6-21-7-12-26(13-8-21)39(2)3/h6-13,16-20H,14-15H2,1-5H3,(H2,33,34)(H,35,43)(H,37,42)(H,38,44)/b10-6+. The van der Waals surface area contributed by atoms with Crippen molar-refractivity contribution in [2.75, 3.05) is 43.2 Å². The van der Waals surface area contributed by atoms with Crippen LogP contribution in [-0.2, 0) is 14.1 Å². The number of amidine groups is 1. The molecule has 0 radical (unpaired) electrons. The number of nitrogens with two attached hydrogens (primary N) is 1. The zero-order chi connectivity index (χ0) is 31.8. The number of carbonyl (C=O) groups excluding carboxylic acids is 3. The van der Waals surface area contributed by atoms with E-state index in [1.807, 2.05) is 55.4 Å². The number of aryl methyl sites for hydroxylation is 2. The monoisotopic (exact) mass is 595 g/mol. The maximum absolute atomic E-state index is 13.0. The molecule has 0 atom stereocenters. The van der Waals surface area contributed by atoms with Gasteiger partial charge in [-0.1, -0.05) is 18.2 Å². The summed E-state index contributed by atoms with van der Waals surface area (Å²) in [4.78, 5) is 48.7. The fourth-order valence-electron chi connectivity index (χ4n) is 4.33. The van der Waals surface area contributed by atoms with Gasteiger partial charge < -0.3 is 35.7 Å². The third-order valence-electron chi connectivity index (χ3n) is 6.85. The molecule has 12 nitrogen and oxygen atoms in total. The van der Waals surface area contributed by atoms with Gasteiger partial charge in [0.15, 0.2) is 0 Å². The maximum Gasteiger partial charge on any atom is 0.272 e. The predicted octanol–water partition coefficient (Wildman–Crippen LogP) is 3.61. The van der Waals surface area contributed by atoms with Crippen molar-refractivity contribution in [1.29, 1.82) is 0 Å². The summed E-state index contributed by atoms with van der Waals surface area (Å²) < 4.78 is 3.23. The molecule has 1 aromatic carbocycles. The van der Waals surface area contributed by atoms with E-state index in [4.69, 9.17) is 5.73 Å². The van der Waals surface area contributed by atoms with E-state index in [-0.39, 0.29) is 11.8 Å². The van der Waals surface area contributed by atoms with Gasteiger partial charge in [0.1, 0.15) is 11.4 Å². The van der Waals surface area contributed by atoms with E-state index < -0.39 is 5.91 Å². The summed E-state index contributed by atoms with van der Waals surface area (Å²) in [5.74, 6) is -0.597. The minimum absolute atomic E-state index is 0.297. The first-order valence-corrected chi connectivity index (χ1v) is 13.9. The van der Waals surface area contributed by atoms with Crippen LogP contribution in [0.25, 0.3) is 12.2 Å². The van der Waals surface area contributed by atoms with E-state index in [9.17, 15) is 14.4 Å². The molecule has 4 rings (SSSR count). The summed E-state index contributed by atoms with van der Waals surface area (Å²) in [6.45, 7) is 0.344. The molecule has 44 heavy (non-hydrogen) atoms. The number of aliphatic imine (C=N–C) groups is 1. The second kappa shape index (κ2) is 14.0. The number of carbonyl (C=O) groups is 3. The Balaban J connectivity index is 1.34. The van der Waals surface area contributed by atoms with Crippen LogP contribution in [0.1, 0.15) is 49.0 Å². The molecular formula is C32H37N9O3. The van der Waals surface area contributed by atoms with Crippen LogP contribution < -0.4 is 26.6 Å². The van der Waals surface area contributed by atoms with Gasteiger partial charge in [-0.15, -0.1) is 0 Å². The molecule has 0 spiro atoms. The van der Waals surface area contributed by atoms with Gasteiger partial charge in [0.05, 0.1) is 28.5 Å². The molecule has 0 saturated carbocycles. The molecule has 0 fully saturated rings. The number of hydrogen-bond donors (Lipinski definition) is 4. The Kier molecular flexibility index (Phi) is 9.96. The summed E-state index contributed by atoms with van der Waals surface area (Å²) in [5.41, 5.74) is 10.5. The van der Waals surface area contributed by atoms with Crippen molar-refractivity contribution < 1.29 is 14.4 Å². The molecular weight excluding hydrogens is 558 g/mol. The molecule has 12 heteroatoms. The predicted molar refractivity (Wildman–Crippen MR) is 175 cm³/mol. The van der Waals surface area contributed by atoms with Crippen molar-refractivity contribution in [2.45, 2.75) is 6.42 Å². The lowest BCUT2D eigenvalue weighted by molar-refractivity contribution is 0.0945. The first-order valence-electron chi connectivity index (χ1n) is 13.9. The van der Waals surface area contributed by atoms with Crippen molar-refractivity contribution in [2.24, 2.45) is 24.8 Å². The lowest BCUT2D eigenvalue weighted by Gasteiger charge is -2.11. The number of hydrogen-bond acceptors (Lipinski definition) is 6. The molecule has 0 saturated heterocycles. The zero-order valence-corrected chi connectivity index (χ0v) is 25.5. The fourth-order valence-corrected chi connectivity index (χ4v) is 4.33. The van der Waals surface area contributed by atoms with Crippen LogP contribution in [0, 0.1) is 0 Å². The maximum atomic E-state index is 13.0. The second-order valence-electron chi connectivity index (χ2n) is 10.4. The summed E-state index contributed by atoms with van der Waals surface area (Å²) in [5, 5.41) is 8.40. The largest absolute Gasteiger partial charge is 0.387 e. The fraction of sp³-hybridized carbons (Fsp3) is 0.219. The van der Waals surface area contributed by atoms with E-state index in [2.05, 4.69) is 25.9 Å². The quantitative estimate of drug-likeness (QED) is 0.154. The summed E-state index contributed by atoms with van der Waals surface area (Å²) in [6.07, 6.45) is 9.09. The molecule has 0 bridgehead atoms. The lowest BCUT2D eigenvalue weighted by Crippen LogP contribution is -2.29. The van der Waals surface area contributed by atoms with Gasteiger partial charge >= 0.3 is 0 Å². The molecule has 5 N–H and O–H groups in total. The van der Waals surface area contributed by atoms with E-state index in [1.54, 1.807) is 66.9 Å². The van der Waals surface area contributed by atoms with Gasteiger partial charge in [-0.3, -0.25) is 24.4 Å². The Bertz CT molecular complexity index is 1700. The zero-order valence-electron chi connectivity index (χ0n) is 25.5. The summed E-state index contributed by atoms with van der Waals surface area (Å²) >= 11 is 0. The third kappa shape index (κ3) is 8.00. The average molecular weight is 596 g/mol. The van der Waals surface area contributed by atoms with Crippen molar-refractivity contribution in [3.63, 3.8) is 0 Å². The number of benzene rings is 1. The number of nitrogens with one attached hydrogen (secondary N) is 3. The van der Waals surface area contributed by atoms with Crippen LogP contribution in [0.3, 0.4) is 0 Å². The van der Waals surface area contributed by atoms with Gasteiger partial charge in [0.25, 0.3) is 17.7 Å². The highest BCUT2D eigenvalue weighted by molar-refractivity contribution is 6.07. The Hall–Kier alpha value is -5.65. The highest BCUT2D eigenvalue weighted by Gasteiger charge is 2.17. The highest BCUT2D eigenvalue weighted by Crippen LogP contribution is 2.19. The molecule has 3 heterocycles. The summed E-state index contributed by atoms with van der Waals surface area (Å²) in [7, 11) is 9.00. The van der Waals surface area contributed by atoms with Crippen molar-refractivity contribution in [3.05, 3.63) is 95.3 Å². The Labute approximate surface area is 256 Å². The van der Waals surface area contributed by atoms with Gasteiger partial charge in [0, 0.05) is 72.5 Å². The van der Waals surface area contributed by atoms with E-state index in [0.717, 1.165) is 11.3 Å². The van der Waals surface area contributed by atoms with Crippen LogP contribution in [-0.4, -0.2) is 65.4 Å². The third-order valence-corrected chi connectivity index (χ3v) is 6.85. The van der Waals surface area contributed by atoms with Crippen molar-refractivity contribution >= 4 is 52.8 Å². The second-order valence-corrected chi connectivity index (χ2v) is 10.4. The van der Waals surface area contributed by atoms with Gasteiger partial charge in [-0.05, 0) is 48.0 Å². The van der Waals surface area contributed by atoms with Gasteiger partial charge in [0.2, 0.25) is 0 Å². The number of nitrogens with zero attached hydrogens (tertiary/aromatic N) is 5. The minimum atomic E-state index is -0.397. The SMILES string of the molecule is CN=C(N)CCNC(=O)c1cc(NC(=O)c2cc(NC(=O)c3ccc(/C=C/c4ccc(N(C)C)cc4)nc3)cn2C)cn1C. The molecule has 228 valence electrons. The molecule has 0 unspecified atom stereocenters. The Morgan fingerprint density at radius 3 is 2.07 bits per heavy atom. The van der Waals surface area contributed by atoms with Gasteiger partial charge in [-0.25, -0.2) is 0 Å². The first-order chi connectivity index (χ1) is 21.0.